The lowest BCUT2D eigenvalue weighted by molar-refractivity contribution is 0.0729. The molecule has 1 fully saturated rings. The Morgan fingerprint density at radius 2 is 2.26 bits per heavy atom. The molecule has 19 heavy (non-hydrogen) atoms. The zero-order valence-corrected chi connectivity index (χ0v) is 14.5. The van der Waals surface area contributed by atoms with Gasteiger partial charge in [0.15, 0.2) is 0 Å². The van der Waals surface area contributed by atoms with Gasteiger partial charge in [-0.3, -0.25) is 4.79 Å². The number of carbonyl (C=O) groups is 1. The van der Waals surface area contributed by atoms with Crippen molar-refractivity contribution in [1.29, 1.82) is 0 Å². The monoisotopic (exact) mass is 407 g/mol. The topological polar surface area (TPSA) is 20.3 Å². The van der Waals surface area contributed by atoms with Crippen LogP contribution >= 0.6 is 43.5 Å². The van der Waals surface area contributed by atoms with E-state index in [-0.39, 0.29) is 5.91 Å². The van der Waals surface area contributed by atoms with Gasteiger partial charge in [0.25, 0.3) is 5.91 Å². The molecule has 0 radical (unpaired) electrons. The van der Waals surface area contributed by atoms with Gasteiger partial charge in [-0.15, -0.1) is 0 Å². The van der Waals surface area contributed by atoms with Crippen molar-refractivity contribution >= 4 is 49.4 Å². The largest absolute Gasteiger partial charge is 0.336 e. The van der Waals surface area contributed by atoms with Crippen molar-refractivity contribution in [3.8, 4) is 0 Å². The van der Waals surface area contributed by atoms with Gasteiger partial charge in [-0.2, -0.15) is 0 Å². The quantitative estimate of drug-likeness (QED) is 0.649. The van der Waals surface area contributed by atoms with Gasteiger partial charge in [-0.25, -0.2) is 0 Å². The van der Waals surface area contributed by atoms with E-state index >= 15 is 0 Å². The number of rotatable bonds is 4. The van der Waals surface area contributed by atoms with Crippen LogP contribution in [0.25, 0.3) is 0 Å². The third-order valence-electron chi connectivity index (χ3n) is 3.47. The predicted molar refractivity (Wildman–Crippen MR) is 86.2 cm³/mol. The molecule has 2 rings (SSSR count). The molecule has 0 aromatic heterocycles. The van der Waals surface area contributed by atoms with Crippen molar-refractivity contribution in [3.63, 3.8) is 0 Å². The Balaban J connectivity index is 2.13. The minimum absolute atomic E-state index is 0.112. The van der Waals surface area contributed by atoms with Crippen LogP contribution in [0.3, 0.4) is 0 Å². The van der Waals surface area contributed by atoms with Gasteiger partial charge in [-0.1, -0.05) is 27.5 Å². The predicted octanol–water partition coefficient (Wildman–Crippen LogP) is 4.88. The van der Waals surface area contributed by atoms with Gasteiger partial charge in [0.05, 0.1) is 5.56 Å². The molecule has 1 atom stereocenters. The Kier molecular flexibility index (Phi) is 5.72. The van der Waals surface area contributed by atoms with Crippen molar-refractivity contribution in [1.82, 2.24) is 4.90 Å². The van der Waals surface area contributed by atoms with Crippen LogP contribution in [0.5, 0.6) is 0 Å². The highest BCUT2D eigenvalue weighted by Crippen LogP contribution is 2.28. The zero-order chi connectivity index (χ0) is 13.8. The molecular weight excluding hydrogens is 393 g/mol. The van der Waals surface area contributed by atoms with Crippen LogP contribution in [0.1, 0.15) is 36.0 Å². The number of likely N-dealkylation sites (tertiary alicyclic amines) is 1. The van der Waals surface area contributed by atoms with Gasteiger partial charge < -0.3 is 4.90 Å². The highest BCUT2D eigenvalue weighted by Gasteiger charge is 2.29. The van der Waals surface area contributed by atoms with Gasteiger partial charge in [0.1, 0.15) is 0 Å². The second-order valence-electron chi connectivity index (χ2n) is 4.75. The fourth-order valence-electron chi connectivity index (χ4n) is 2.53. The molecule has 1 aromatic carbocycles. The van der Waals surface area contributed by atoms with Crippen molar-refractivity contribution in [2.45, 2.75) is 31.7 Å². The summed E-state index contributed by atoms with van der Waals surface area (Å²) in [7, 11) is 0. The summed E-state index contributed by atoms with van der Waals surface area (Å²) in [4.78, 5) is 14.6. The van der Waals surface area contributed by atoms with E-state index in [9.17, 15) is 4.79 Å². The summed E-state index contributed by atoms with van der Waals surface area (Å²) >= 11 is 12.8. The van der Waals surface area contributed by atoms with Crippen molar-refractivity contribution < 1.29 is 4.79 Å². The average Bonchev–Trinajstić information content (AvgIpc) is 2.83. The SMILES string of the molecule is O=C(c1ccc(Cl)cc1Br)N1CCCC1CCCBr. The molecule has 1 unspecified atom stereocenters. The lowest BCUT2D eigenvalue weighted by Crippen LogP contribution is -2.35. The molecule has 1 aliphatic rings. The van der Waals surface area contributed by atoms with Crippen LogP contribution in [0.4, 0.5) is 0 Å². The van der Waals surface area contributed by atoms with Crippen molar-refractivity contribution in [3.05, 3.63) is 33.3 Å². The van der Waals surface area contributed by atoms with Gasteiger partial charge in [-0.05, 0) is 59.8 Å². The standard InChI is InChI=1S/C14H16Br2ClNO/c15-7-1-3-11-4-2-8-18(11)14(19)12-6-5-10(17)9-13(12)16/h5-6,9,11H,1-4,7-8H2. The lowest BCUT2D eigenvalue weighted by Gasteiger charge is -2.25. The summed E-state index contributed by atoms with van der Waals surface area (Å²) < 4.78 is 0.774. The molecule has 1 amide bonds. The van der Waals surface area contributed by atoms with E-state index in [2.05, 4.69) is 31.9 Å². The van der Waals surface area contributed by atoms with Gasteiger partial charge in [0, 0.05) is 27.4 Å². The number of carbonyl (C=O) groups excluding carboxylic acids is 1. The number of nitrogens with zero attached hydrogens (tertiary/aromatic N) is 1. The summed E-state index contributed by atoms with van der Waals surface area (Å²) in [5.74, 6) is 0.112. The third-order valence-corrected chi connectivity index (χ3v) is 4.92. The Morgan fingerprint density at radius 3 is 2.95 bits per heavy atom. The second-order valence-corrected chi connectivity index (χ2v) is 6.83. The minimum atomic E-state index is 0.112. The molecule has 1 heterocycles. The van der Waals surface area contributed by atoms with E-state index in [1.807, 2.05) is 4.90 Å². The second kappa shape index (κ2) is 7.09. The van der Waals surface area contributed by atoms with Crippen LogP contribution in [-0.2, 0) is 0 Å². The van der Waals surface area contributed by atoms with E-state index < -0.39 is 0 Å². The Hall–Kier alpha value is -0.0600. The first-order valence-electron chi connectivity index (χ1n) is 6.45. The number of alkyl halides is 1. The van der Waals surface area contributed by atoms with Gasteiger partial charge >= 0.3 is 0 Å². The van der Waals surface area contributed by atoms with Crippen molar-refractivity contribution in [2.75, 3.05) is 11.9 Å². The smallest absolute Gasteiger partial charge is 0.255 e. The highest BCUT2D eigenvalue weighted by molar-refractivity contribution is 9.10. The van der Waals surface area contributed by atoms with E-state index in [4.69, 9.17) is 11.6 Å². The maximum atomic E-state index is 12.6. The molecule has 1 aliphatic heterocycles. The number of hydrogen-bond acceptors (Lipinski definition) is 1. The fourth-order valence-corrected chi connectivity index (χ4v) is 3.71. The third kappa shape index (κ3) is 3.73. The molecule has 0 spiro atoms. The van der Waals surface area contributed by atoms with Crippen LogP contribution in [0.15, 0.2) is 22.7 Å². The summed E-state index contributed by atoms with van der Waals surface area (Å²) in [6.45, 7) is 0.862. The Labute approximate surface area is 135 Å². The minimum Gasteiger partial charge on any atom is -0.336 e. The molecule has 2 nitrogen and oxygen atoms in total. The first-order valence-corrected chi connectivity index (χ1v) is 8.74. The summed E-state index contributed by atoms with van der Waals surface area (Å²) in [6, 6.07) is 5.73. The van der Waals surface area contributed by atoms with E-state index in [1.54, 1.807) is 18.2 Å². The fraction of sp³-hybridized carbons (Fsp3) is 0.500. The molecule has 0 bridgehead atoms. The summed E-state index contributed by atoms with van der Waals surface area (Å²) in [5, 5.41) is 1.64. The van der Waals surface area contributed by atoms with Gasteiger partial charge in [0.2, 0.25) is 0 Å². The first-order chi connectivity index (χ1) is 9.13. The van der Waals surface area contributed by atoms with E-state index in [0.717, 1.165) is 42.0 Å². The Bertz CT molecular complexity index is 467. The molecule has 1 saturated heterocycles. The first kappa shape index (κ1) is 15.3. The highest BCUT2D eigenvalue weighted by atomic mass is 79.9. The Morgan fingerprint density at radius 1 is 1.47 bits per heavy atom. The average molecular weight is 410 g/mol. The number of amides is 1. The van der Waals surface area contributed by atoms with Crippen LogP contribution < -0.4 is 0 Å². The normalized spacial score (nSPS) is 18.9. The maximum Gasteiger partial charge on any atom is 0.255 e. The molecule has 0 saturated carbocycles. The zero-order valence-electron chi connectivity index (χ0n) is 10.5. The molecular formula is C14H16Br2ClNO. The van der Waals surface area contributed by atoms with E-state index in [1.165, 1.54) is 0 Å². The molecule has 104 valence electrons. The molecule has 1 aromatic rings. The van der Waals surface area contributed by atoms with Crippen LogP contribution in [-0.4, -0.2) is 28.7 Å². The van der Waals surface area contributed by atoms with Crippen LogP contribution in [0.2, 0.25) is 5.02 Å². The lowest BCUT2D eigenvalue weighted by atomic mass is 10.1. The summed E-state index contributed by atoms with van der Waals surface area (Å²) in [5.41, 5.74) is 0.704. The van der Waals surface area contributed by atoms with Crippen molar-refractivity contribution in [2.24, 2.45) is 0 Å². The maximum absolute atomic E-state index is 12.6. The molecule has 0 N–H and O–H groups in total. The molecule has 0 aliphatic carbocycles. The number of halogens is 3. The number of benzene rings is 1. The van der Waals surface area contributed by atoms with E-state index in [0.29, 0.717) is 16.6 Å². The molecule has 5 heteroatoms. The van der Waals surface area contributed by atoms with Crippen LogP contribution in [0, 0.1) is 0 Å². The number of hydrogen-bond donors (Lipinski definition) is 0. The summed E-state index contributed by atoms with van der Waals surface area (Å²) in [6.07, 6.45) is 4.40.